The number of alkyl carbamates (subject to hydrolysis) is 1. The molecule has 0 heterocycles. The first-order chi connectivity index (χ1) is 20.2. The van der Waals surface area contributed by atoms with Crippen molar-refractivity contribution in [3.63, 3.8) is 0 Å². The monoisotopic (exact) mass is 585 g/mol. The largest absolute Gasteiger partial charge is 0.508 e. The first kappa shape index (κ1) is 32.9. The van der Waals surface area contributed by atoms with Crippen LogP contribution in [0.25, 0.3) is 0 Å². The number of carbonyl (C=O) groups excluding carboxylic acids is 3. The summed E-state index contributed by atoms with van der Waals surface area (Å²) < 4.78 is 5.49. The Balaban J connectivity index is 2.12. The fraction of sp³-hybridized carbons (Fsp3) is 0.343. The average Bonchev–Trinajstić information content (AvgIpc) is 2.92. The van der Waals surface area contributed by atoms with Crippen LogP contribution in [0.2, 0.25) is 0 Å². The van der Waals surface area contributed by atoms with E-state index in [0.29, 0.717) is 16.8 Å². The average molecular weight is 586 g/mol. The fourth-order valence-corrected chi connectivity index (χ4v) is 4.89. The number of phenols is 1. The van der Waals surface area contributed by atoms with Gasteiger partial charge in [-0.15, -0.1) is 6.58 Å². The van der Waals surface area contributed by atoms with Crippen molar-refractivity contribution in [3.8, 4) is 5.75 Å². The molecule has 8 heteroatoms. The van der Waals surface area contributed by atoms with Crippen molar-refractivity contribution in [2.45, 2.75) is 72.6 Å². The minimum atomic E-state index is -1.08. The molecule has 8 nitrogen and oxygen atoms in total. The summed E-state index contributed by atoms with van der Waals surface area (Å²) in [5.41, 5.74) is 4.82. The maximum absolute atomic E-state index is 14.5. The molecule has 3 aromatic carbocycles. The number of hydrogen-bond donors (Lipinski definition) is 3. The summed E-state index contributed by atoms with van der Waals surface area (Å²) in [6.45, 7) is 16.8. The zero-order chi connectivity index (χ0) is 31.9. The number of para-hydroxylation sites is 1. The van der Waals surface area contributed by atoms with Gasteiger partial charge in [0.25, 0.3) is 5.91 Å². The minimum absolute atomic E-state index is 0.0408. The lowest BCUT2D eigenvalue weighted by molar-refractivity contribution is -0.140. The van der Waals surface area contributed by atoms with Crippen LogP contribution >= 0.6 is 0 Å². The van der Waals surface area contributed by atoms with E-state index < -0.39 is 29.7 Å². The van der Waals surface area contributed by atoms with E-state index in [-0.39, 0.29) is 24.6 Å². The first-order valence-corrected chi connectivity index (χ1v) is 14.3. The number of anilines is 1. The van der Waals surface area contributed by atoms with Crippen LogP contribution in [0.1, 0.15) is 60.2 Å². The lowest BCUT2D eigenvalue weighted by atomic mass is 9.95. The summed E-state index contributed by atoms with van der Waals surface area (Å²) in [5.74, 6) is -0.790. The molecule has 3 rings (SSSR count). The van der Waals surface area contributed by atoms with Gasteiger partial charge in [0.2, 0.25) is 5.91 Å². The standard InChI is InChI=1S/C35H43N3O5/c1-9-19-38(33(41)29(36-34(42)43-35(6,7)8)21-26-15-17-27(39)18-16-26)31(28-20-22(2)13-14-23(28)3)32(40)37-30-24(4)11-10-12-25(30)5/h9-18,20,29,31,39H,1,19,21H2,2-8H3,(H,36,42)(H,37,40). The lowest BCUT2D eigenvalue weighted by Crippen LogP contribution is -2.53. The number of ether oxygens (including phenoxy) is 1. The van der Waals surface area contributed by atoms with Crippen LogP contribution in [0.15, 0.2) is 73.3 Å². The maximum atomic E-state index is 14.5. The van der Waals surface area contributed by atoms with Gasteiger partial charge in [0.05, 0.1) is 0 Å². The normalized spacial score (nSPS) is 12.5. The van der Waals surface area contributed by atoms with Crippen LogP contribution in [0.3, 0.4) is 0 Å². The Kier molecular flexibility index (Phi) is 10.8. The molecule has 0 fully saturated rings. The van der Waals surface area contributed by atoms with Gasteiger partial charge in [0.15, 0.2) is 0 Å². The smallest absolute Gasteiger partial charge is 0.408 e. The van der Waals surface area contributed by atoms with Crippen molar-refractivity contribution < 1.29 is 24.2 Å². The number of benzene rings is 3. The molecule has 3 N–H and O–H groups in total. The zero-order valence-corrected chi connectivity index (χ0v) is 26.2. The number of nitrogens with zero attached hydrogens (tertiary/aromatic N) is 1. The van der Waals surface area contributed by atoms with Crippen LogP contribution in [-0.4, -0.2) is 46.1 Å². The molecule has 0 radical (unpaired) electrons. The highest BCUT2D eigenvalue weighted by molar-refractivity contribution is 6.00. The SMILES string of the molecule is C=CCN(C(=O)C(Cc1ccc(O)cc1)NC(=O)OC(C)(C)C)C(C(=O)Nc1c(C)cccc1C)c1cc(C)ccc1C. The van der Waals surface area contributed by atoms with Crippen LogP contribution in [-0.2, 0) is 20.7 Å². The molecule has 3 aromatic rings. The molecule has 2 atom stereocenters. The molecular formula is C35H43N3O5. The quantitative estimate of drug-likeness (QED) is 0.237. The third-order valence-electron chi connectivity index (χ3n) is 6.99. The molecule has 43 heavy (non-hydrogen) atoms. The molecule has 0 aromatic heterocycles. The number of aromatic hydroxyl groups is 1. The highest BCUT2D eigenvalue weighted by Crippen LogP contribution is 2.30. The van der Waals surface area contributed by atoms with Gasteiger partial charge < -0.3 is 25.4 Å². The Bertz CT molecular complexity index is 1450. The Hall–Kier alpha value is -4.59. The van der Waals surface area contributed by atoms with E-state index in [2.05, 4.69) is 17.2 Å². The highest BCUT2D eigenvalue weighted by atomic mass is 16.6. The van der Waals surface area contributed by atoms with Crippen molar-refractivity contribution >= 4 is 23.6 Å². The number of nitrogens with one attached hydrogen (secondary N) is 2. The number of carbonyl (C=O) groups is 3. The van der Waals surface area contributed by atoms with Gasteiger partial charge in [-0.05, 0) is 88.4 Å². The van der Waals surface area contributed by atoms with E-state index >= 15 is 0 Å². The van der Waals surface area contributed by atoms with Crippen molar-refractivity contribution in [3.05, 3.63) is 107 Å². The number of aryl methyl sites for hydroxylation is 4. The lowest BCUT2D eigenvalue weighted by Gasteiger charge is -2.35. The second-order valence-corrected chi connectivity index (χ2v) is 11.9. The zero-order valence-electron chi connectivity index (χ0n) is 26.2. The molecular weight excluding hydrogens is 542 g/mol. The van der Waals surface area contributed by atoms with Crippen LogP contribution in [0, 0.1) is 27.7 Å². The number of phenolic OH excluding ortho intramolecular Hbond substituents is 1. The highest BCUT2D eigenvalue weighted by Gasteiger charge is 2.37. The predicted octanol–water partition coefficient (Wildman–Crippen LogP) is 6.46. The fourth-order valence-electron chi connectivity index (χ4n) is 4.89. The predicted molar refractivity (Wildman–Crippen MR) is 170 cm³/mol. The third kappa shape index (κ3) is 8.95. The molecule has 2 unspecified atom stereocenters. The van der Waals surface area contributed by atoms with Crippen LogP contribution < -0.4 is 10.6 Å². The molecule has 228 valence electrons. The van der Waals surface area contributed by atoms with E-state index in [1.807, 2.05) is 64.1 Å². The Labute approximate surface area is 254 Å². The van der Waals surface area contributed by atoms with E-state index in [4.69, 9.17) is 4.74 Å². The number of hydrogen-bond acceptors (Lipinski definition) is 5. The van der Waals surface area contributed by atoms with Gasteiger partial charge >= 0.3 is 6.09 Å². The summed E-state index contributed by atoms with van der Waals surface area (Å²) >= 11 is 0. The van der Waals surface area contributed by atoms with Gasteiger partial charge in [-0.1, -0.05) is 60.2 Å². The molecule has 0 bridgehead atoms. The minimum Gasteiger partial charge on any atom is -0.508 e. The van der Waals surface area contributed by atoms with Gasteiger partial charge in [0, 0.05) is 18.7 Å². The first-order valence-electron chi connectivity index (χ1n) is 14.3. The van der Waals surface area contributed by atoms with Crippen molar-refractivity contribution in [2.75, 3.05) is 11.9 Å². The molecule has 3 amide bonds. The summed E-state index contributed by atoms with van der Waals surface area (Å²) in [4.78, 5) is 43.1. The van der Waals surface area contributed by atoms with Crippen LogP contribution in [0.4, 0.5) is 10.5 Å². The number of amides is 3. The van der Waals surface area contributed by atoms with Gasteiger partial charge in [-0.3, -0.25) is 9.59 Å². The van der Waals surface area contributed by atoms with Crippen molar-refractivity contribution in [1.29, 1.82) is 0 Å². The summed E-state index contributed by atoms with van der Waals surface area (Å²) in [6, 6.07) is 15.8. The van der Waals surface area contributed by atoms with E-state index in [9.17, 15) is 19.5 Å². The molecule has 0 spiro atoms. The Morgan fingerprint density at radius 2 is 1.58 bits per heavy atom. The maximum Gasteiger partial charge on any atom is 0.408 e. The van der Waals surface area contributed by atoms with Gasteiger partial charge in [-0.25, -0.2) is 4.79 Å². The summed E-state index contributed by atoms with van der Waals surface area (Å²) in [6.07, 6.45) is 0.906. The molecule has 0 aliphatic rings. The van der Waals surface area contributed by atoms with Crippen LogP contribution in [0.5, 0.6) is 5.75 Å². The summed E-state index contributed by atoms with van der Waals surface area (Å²) in [5, 5.41) is 15.6. The number of rotatable bonds is 10. The second-order valence-electron chi connectivity index (χ2n) is 11.9. The Morgan fingerprint density at radius 3 is 2.16 bits per heavy atom. The van der Waals surface area contributed by atoms with Crippen molar-refractivity contribution in [2.24, 2.45) is 0 Å². The van der Waals surface area contributed by atoms with Gasteiger partial charge in [0.1, 0.15) is 23.4 Å². The van der Waals surface area contributed by atoms with E-state index in [1.54, 1.807) is 39.0 Å². The molecule has 0 aliphatic carbocycles. The van der Waals surface area contributed by atoms with Crippen molar-refractivity contribution in [1.82, 2.24) is 10.2 Å². The Morgan fingerprint density at radius 1 is 0.953 bits per heavy atom. The molecule has 0 saturated carbocycles. The molecule has 0 saturated heterocycles. The van der Waals surface area contributed by atoms with Gasteiger partial charge in [-0.2, -0.15) is 0 Å². The topological polar surface area (TPSA) is 108 Å². The molecule has 0 aliphatic heterocycles. The van der Waals surface area contributed by atoms with E-state index in [0.717, 1.165) is 22.3 Å². The van der Waals surface area contributed by atoms with E-state index in [1.165, 1.54) is 17.0 Å². The second kappa shape index (κ2) is 14.1. The summed E-state index contributed by atoms with van der Waals surface area (Å²) in [7, 11) is 0. The third-order valence-corrected chi connectivity index (χ3v) is 6.99.